The van der Waals surface area contributed by atoms with E-state index in [-0.39, 0.29) is 11.4 Å². The van der Waals surface area contributed by atoms with Crippen LogP contribution in [0.25, 0.3) is 0 Å². The van der Waals surface area contributed by atoms with Crippen molar-refractivity contribution in [2.75, 3.05) is 7.11 Å². The van der Waals surface area contributed by atoms with Crippen LogP contribution in [0.3, 0.4) is 0 Å². The molecular formula is C15H11F3N4O2. The van der Waals surface area contributed by atoms with Crippen molar-refractivity contribution in [3.8, 4) is 17.7 Å². The van der Waals surface area contributed by atoms with Crippen LogP contribution in [0.1, 0.15) is 22.7 Å². The van der Waals surface area contributed by atoms with E-state index >= 15 is 0 Å². The van der Waals surface area contributed by atoms with E-state index in [4.69, 9.17) is 14.9 Å². The van der Waals surface area contributed by atoms with Crippen LogP contribution in [0.2, 0.25) is 0 Å². The highest BCUT2D eigenvalue weighted by Crippen LogP contribution is 2.48. The summed E-state index contributed by atoms with van der Waals surface area (Å²) in [5.41, 5.74) is -1.04. The van der Waals surface area contributed by atoms with Crippen molar-refractivity contribution in [1.82, 2.24) is 10.2 Å². The van der Waals surface area contributed by atoms with Gasteiger partial charge in [-0.25, -0.2) is 0 Å². The number of hydrogen-bond donors (Lipinski definition) is 2. The fourth-order valence-electron chi connectivity index (χ4n) is 2.79. The number of nitriles is 1. The number of hydrogen-bond acceptors (Lipinski definition) is 5. The maximum absolute atomic E-state index is 13.3. The third-order valence-corrected chi connectivity index (χ3v) is 3.80. The first-order valence-electron chi connectivity index (χ1n) is 6.82. The lowest BCUT2D eigenvalue weighted by molar-refractivity contribution is -0.142. The van der Waals surface area contributed by atoms with E-state index in [1.165, 1.54) is 7.11 Å². The van der Waals surface area contributed by atoms with Gasteiger partial charge in [-0.1, -0.05) is 18.2 Å². The first-order chi connectivity index (χ1) is 11.4. The molecule has 0 aliphatic carbocycles. The summed E-state index contributed by atoms with van der Waals surface area (Å²) in [5.74, 6) is -2.81. The minimum atomic E-state index is -4.70. The summed E-state index contributed by atoms with van der Waals surface area (Å²) in [5, 5.41) is 22.6. The summed E-state index contributed by atoms with van der Waals surface area (Å²) in [6, 6.07) is 8.27. The number of H-pyrrole nitrogens is 1. The summed E-state index contributed by atoms with van der Waals surface area (Å²) in [6.07, 6.45) is -4.70. The smallest absolute Gasteiger partial charge is 0.433 e. The predicted octanol–water partition coefficient (Wildman–Crippen LogP) is 3.08. The van der Waals surface area contributed by atoms with Gasteiger partial charge >= 0.3 is 6.18 Å². The van der Waals surface area contributed by atoms with Gasteiger partial charge in [0.15, 0.2) is 0 Å². The summed E-state index contributed by atoms with van der Waals surface area (Å²) < 4.78 is 50.2. The van der Waals surface area contributed by atoms with Gasteiger partial charge in [0.2, 0.25) is 11.8 Å². The van der Waals surface area contributed by atoms with Gasteiger partial charge in [0, 0.05) is 11.5 Å². The zero-order valence-electron chi connectivity index (χ0n) is 12.3. The number of aromatic amines is 1. The normalized spacial score (nSPS) is 20.0. The highest BCUT2D eigenvalue weighted by atomic mass is 19.4. The Hall–Kier alpha value is -3.02. The number of para-hydroxylation sites is 1. The second-order valence-electron chi connectivity index (χ2n) is 5.11. The van der Waals surface area contributed by atoms with Gasteiger partial charge < -0.3 is 9.47 Å². The summed E-state index contributed by atoms with van der Waals surface area (Å²) in [4.78, 5) is 0. The first-order valence-corrected chi connectivity index (χ1v) is 6.82. The molecule has 2 N–H and O–H groups in total. The van der Waals surface area contributed by atoms with Crippen LogP contribution < -0.4 is 9.47 Å². The maximum Gasteiger partial charge on any atom is 0.433 e. The number of fused-ring (bicyclic) bond motifs is 1. The van der Waals surface area contributed by atoms with Crippen LogP contribution in [0.15, 0.2) is 24.3 Å². The van der Waals surface area contributed by atoms with Gasteiger partial charge in [0.1, 0.15) is 17.4 Å². The lowest BCUT2D eigenvalue weighted by atomic mass is 9.79. The van der Waals surface area contributed by atoms with Gasteiger partial charge in [-0.3, -0.25) is 10.5 Å². The maximum atomic E-state index is 13.3. The summed E-state index contributed by atoms with van der Waals surface area (Å²) in [7, 11) is 1.38. The highest BCUT2D eigenvalue weighted by Gasteiger charge is 2.47. The van der Waals surface area contributed by atoms with E-state index in [1.807, 2.05) is 11.2 Å². The molecule has 3 rings (SSSR count). The van der Waals surface area contributed by atoms with Crippen molar-refractivity contribution in [3.63, 3.8) is 0 Å². The predicted molar refractivity (Wildman–Crippen MR) is 75.9 cm³/mol. The first kappa shape index (κ1) is 15.9. The van der Waals surface area contributed by atoms with Crippen molar-refractivity contribution in [2.24, 2.45) is 5.92 Å². The number of aromatic nitrogens is 2. The lowest BCUT2D eigenvalue weighted by Crippen LogP contribution is -2.32. The molecule has 1 aliphatic rings. The number of methoxy groups -OCH3 is 1. The third-order valence-electron chi connectivity index (χ3n) is 3.80. The molecule has 0 amide bonds. The zero-order valence-corrected chi connectivity index (χ0v) is 12.3. The zero-order chi connectivity index (χ0) is 17.5. The van der Waals surface area contributed by atoms with Crippen LogP contribution in [-0.4, -0.2) is 23.2 Å². The highest BCUT2D eigenvalue weighted by molar-refractivity contribution is 5.85. The molecule has 1 aromatic heterocycles. The van der Waals surface area contributed by atoms with Crippen LogP contribution in [0, 0.1) is 22.7 Å². The largest absolute Gasteiger partial charge is 0.496 e. The molecular weight excluding hydrogens is 325 g/mol. The average Bonchev–Trinajstić information content (AvgIpc) is 2.97. The van der Waals surface area contributed by atoms with Crippen molar-refractivity contribution in [2.45, 2.75) is 12.1 Å². The standard InChI is InChI=1S/C15H11F3N4O2/c1-23-9-5-3-2-4-7(9)10-8(6-19)13(20)24-14-11(10)12(21-22-14)15(16,17)18/h2-5,8,10,20H,1H3,(H,21,22). The van der Waals surface area contributed by atoms with E-state index < -0.39 is 29.6 Å². The van der Waals surface area contributed by atoms with Crippen molar-refractivity contribution in [3.05, 3.63) is 41.1 Å². The molecule has 6 nitrogen and oxygen atoms in total. The van der Waals surface area contributed by atoms with E-state index in [9.17, 15) is 18.4 Å². The number of alkyl halides is 3. The molecule has 1 aliphatic heterocycles. The Morgan fingerprint density at radius 2 is 2.08 bits per heavy atom. The second kappa shape index (κ2) is 5.56. The van der Waals surface area contributed by atoms with Gasteiger partial charge in [-0.05, 0) is 6.07 Å². The molecule has 0 saturated heterocycles. The number of benzene rings is 1. The lowest BCUT2D eigenvalue weighted by Gasteiger charge is -2.29. The van der Waals surface area contributed by atoms with Crippen LogP contribution in [-0.2, 0) is 6.18 Å². The third kappa shape index (κ3) is 2.36. The number of nitrogens with zero attached hydrogens (tertiary/aromatic N) is 2. The second-order valence-corrected chi connectivity index (χ2v) is 5.11. The molecule has 2 aromatic rings. The molecule has 0 saturated carbocycles. The van der Waals surface area contributed by atoms with Gasteiger partial charge in [0.05, 0.1) is 18.7 Å². The molecule has 0 radical (unpaired) electrons. The van der Waals surface area contributed by atoms with Crippen LogP contribution in [0.5, 0.6) is 11.6 Å². The molecule has 1 aromatic carbocycles. The van der Waals surface area contributed by atoms with Crippen molar-refractivity contribution >= 4 is 5.90 Å². The molecule has 124 valence electrons. The van der Waals surface area contributed by atoms with E-state index in [2.05, 4.69) is 5.10 Å². The summed E-state index contributed by atoms with van der Waals surface area (Å²) >= 11 is 0. The fraction of sp³-hybridized carbons (Fsp3) is 0.267. The van der Waals surface area contributed by atoms with Crippen molar-refractivity contribution in [1.29, 1.82) is 10.7 Å². The topological polar surface area (TPSA) is 94.8 Å². The average molecular weight is 336 g/mol. The Morgan fingerprint density at radius 3 is 2.71 bits per heavy atom. The van der Waals surface area contributed by atoms with Crippen LogP contribution >= 0.6 is 0 Å². The molecule has 0 bridgehead atoms. The van der Waals surface area contributed by atoms with Crippen LogP contribution in [0.4, 0.5) is 13.2 Å². The number of rotatable bonds is 2. The Morgan fingerprint density at radius 1 is 1.38 bits per heavy atom. The molecule has 0 fully saturated rings. The molecule has 2 atom stereocenters. The SMILES string of the molecule is COc1ccccc1C1c2c(n[nH]c2C(F)(F)F)OC(=N)C1C#N. The molecule has 2 unspecified atom stereocenters. The van der Waals surface area contributed by atoms with Gasteiger partial charge in [0.25, 0.3) is 0 Å². The minimum Gasteiger partial charge on any atom is -0.496 e. The van der Waals surface area contributed by atoms with E-state index in [0.29, 0.717) is 11.3 Å². The molecule has 24 heavy (non-hydrogen) atoms. The van der Waals surface area contributed by atoms with E-state index in [1.54, 1.807) is 24.3 Å². The Labute approximate surface area is 134 Å². The Kier molecular flexibility index (Phi) is 3.67. The molecule has 0 spiro atoms. The fourth-order valence-corrected chi connectivity index (χ4v) is 2.79. The van der Waals surface area contributed by atoms with Crippen molar-refractivity contribution < 1.29 is 22.6 Å². The number of halogens is 3. The summed E-state index contributed by atoms with van der Waals surface area (Å²) in [6.45, 7) is 0. The van der Waals surface area contributed by atoms with Gasteiger partial charge in [-0.15, -0.1) is 5.10 Å². The molecule has 9 heteroatoms. The Balaban J connectivity index is 2.29. The Bertz CT molecular complexity index is 838. The van der Waals surface area contributed by atoms with Gasteiger partial charge in [-0.2, -0.15) is 18.4 Å². The van der Waals surface area contributed by atoms with E-state index in [0.717, 1.165) is 0 Å². The minimum absolute atomic E-state index is 0.297. The monoisotopic (exact) mass is 336 g/mol. The molecule has 2 heterocycles. The number of nitrogens with one attached hydrogen (secondary N) is 2. The quantitative estimate of drug-likeness (QED) is 0.881. The number of ether oxygens (including phenoxy) is 2.